The van der Waals surface area contributed by atoms with Gasteiger partial charge in [0.15, 0.2) is 0 Å². The van der Waals surface area contributed by atoms with Crippen LogP contribution in [-0.2, 0) is 0 Å². The van der Waals surface area contributed by atoms with E-state index in [0.29, 0.717) is 6.61 Å². The van der Waals surface area contributed by atoms with Crippen molar-refractivity contribution in [2.24, 2.45) is 5.73 Å². The highest BCUT2D eigenvalue weighted by Crippen LogP contribution is 2.26. The predicted octanol–water partition coefficient (Wildman–Crippen LogP) is 3.69. The van der Waals surface area contributed by atoms with Crippen LogP contribution in [0.15, 0.2) is 42.5 Å². The van der Waals surface area contributed by atoms with Crippen LogP contribution in [0.2, 0.25) is 0 Å². The summed E-state index contributed by atoms with van der Waals surface area (Å²) in [5.74, 6) is 0.964. The van der Waals surface area contributed by atoms with E-state index in [-0.39, 0.29) is 6.04 Å². The zero-order valence-corrected chi connectivity index (χ0v) is 11.8. The number of hydrogen-bond donors (Lipinski definition) is 1. The van der Waals surface area contributed by atoms with Crippen molar-refractivity contribution in [1.29, 1.82) is 0 Å². The first-order valence-electron chi connectivity index (χ1n) is 6.59. The van der Waals surface area contributed by atoms with Crippen LogP contribution >= 0.6 is 0 Å². The first kappa shape index (κ1) is 13.6. The molecule has 2 rings (SSSR count). The highest BCUT2D eigenvalue weighted by Gasteiger charge is 2.10. The van der Waals surface area contributed by atoms with E-state index in [4.69, 9.17) is 10.5 Å². The number of rotatable bonds is 4. The molecule has 19 heavy (non-hydrogen) atoms. The number of aryl methyl sites for hydroxylation is 2. The van der Waals surface area contributed by atoms with Crippen molar-refractivity contribution in [2.75, 3.05) is 6.61 Å². The fraction of sp³-hybridized carbons (Fsp3) is 0.294. The SMILES string of the molecule is Cc1ccc(C)c(OCC(N)c2ccccc2)c1C. The fourth-order valence-electron chi connectivity index (χ4n) is 2.12. The number of hydrogen-bond acceptors (Lipinski definition) is 2. The van der Waals surface area contributed by atoms with Crippen molar-refractivity contribution in [3.05, 3.63) is 64.7 Å². The van der Waals surface area contributed by atoms with Gasteiger partial charge in [-0.1, -0.05) is 42.5 Å². The molecule has 2 heteroatoms. The van der Waals surface area contributed by atoms with Gasteiger partial charge >= 0.3 is 0 Å². The Labute approximate surface area is 115 Å². The molecule has 2 aromatic rings. The molecule has 0 amide bonds. The van der Waals surface area contributed by atoms with Crippen molar-refractivity contribution < 1.29 is 4.74 Å². The van der Waals surface area contributed by atoms with Gasteiger partial charge < -0.3 is 10.5 Å². The lowest BCUT2D eigenvalue weighted by atomic mass is 10.0. The summed E-state index contributed by atoms with van der Waals surface area (Å²) in [5.41, 5.74) is 10.9. The molecule has 0 heterocycles. The lowest BCUT2D eigenvalue weighted by molar-refractivity contribution is 0.287. The molecule has 0 spiro atoms. The molecule has 0 saturated heterocycles. The normalized spacial score (nSPS) is 12.2. The van der Waals surface area contributed by atoms with Crippen molar-refractivity contribution in [2.45, 2.75) is 26.8 Å². The molecule has 2 aromatic carbocycles. The molecule has 0 aliphatic rings. The Kier molecular flexibility index (Phi) is 4.23. The van der Waals surface area contributed by atoms with Crippen LogP contribution in [0.1, 0.15) is 28.3 Å². The standard InChI is InChI=1S/C17H21NO/c1-12-9-10-13(2)17(14(12)3)19-11-16(18)15-7-5-4-6-8-15/h4-10,16H,11,18H2,1-3H3. The van der Waals surface area contributed by atoms with Crippen LogP contribution < -0.4 is 10.5 Å². The number of benzene rings is 2. The molecule has 2 N–H and O–H groups in total. The summed E-state index contributed by atoms with van der Waals surface area (Å²) in [4.78, 5) is 0. The molecular weight excluding hydrogens is 234 g/mol. The molecule has 1 unspecified atom stereocenters. The van der Waals surface area contributed by atoms with Crippen LogP contribution in [0.3, 0.4) is 0 Å². The zero-order chi connectivity index (χ0) is 13.8. The van der Waals surface area contributed by atoms with E-state index in [0.717, 1.165) is 16.9 Å². The Bertz CT molecular complexity index is 549. The summed E-state index contributed by atoms with van der Waals surface area (Å²) in [5, 5.41) is 0. The maximum atomic E-state index is 6.16. The molecule has 0 fully saturated rings. The topological polar surface area (TPSA) is 35.2 Å². The van der Waals surface area contributed by atoms with Crippen molar-refractivity contribution in [3.8, 4) is 5.75 Å². The van der Waals surface area contributed by atoms with Gasteiger partial charge in [-0.3, -0.25) is 0 Å². The highest BCUT2D eigenvalue weighted by molar-refractivity contribution is 5.44. The summed E-state index contributed by atoms with van der Waals surface area (Å²) in [6, 6.07) is 14.2. The molecule has 0 saturated carbocycles. The summed E-state index contributed by atoms with van der Waals surface area (Å²) >= 11 is 0. The maximum absolute atomic E-state index is 6.16. The van der Waals surface area contributed by atoms with E-state index in [1.54, 1.807) is 0 Å². The van der Waals surface area contributed by atoms with Gasteiger partial charge in [0.25, 0.3) is 0 Å². The average molecular weight is 255 g/mol. The van der Waals surface area contributed by atoms with Gasteiger partial charge in [0.1, 0.15) is 12.4 Å². The van der Waals surface area contributed by atoms with Crippen LogP contribution in [0.25, 0.3) is 0 Å². The van der Waals surface area contributed by atoms with Gasteiger partial charge in [-0.05, 0) is 43.0 Å². The largest absolute Gasteiger partial charge is 0.491 e. The first-order valence-corrected chi connectivity index (χ1v) is 6.59. The summed E-state index contributed by atoms with van der Waals surface area (Å²) in [6.07, 6.45) is 0. The lowest BCUT2D eigenvalue weighted by Gasteiger charge is -2.17. The molecule has 100 valence electrons. The van der Waals surface area contributed by atoms with Crippen molar-refractivity contribution in [1.82, 2.24) is 0 Å². The molecule has 0 aromatic heterocycles. The number of nitrogens with two attached hydrogens (primary N) is 1. The first-order chi connectivity index (χ1) is 9.09. The summed E-state index contributed by atoms with van der Waals surface area (Å²) < 4.78 is 5.94. The molecule has 0 aliphatic carbocycles. The molecule has 0 aliphatic heterocycles. The van der Waals surface area contributed by atoms with E-state index in [2.05, 4.69) is 32.9 Å². The van der Waals surface area contributed by atoms with Crippen LogP contribution in [-0.4, -0.2) is 6.61 Å². The summed E-state index contributed by atoms with van der Waals surface area (Å²) in [7, 11) is 0. The Hall–Kier alpha value is -1.80. The lowest BCUT2D eigenvalue weighted by Crippen LogP contribution is -2.19. The number of ether oxygens (including phenoxy) is 1. The minimum Gasteiger partial charge on any atom is -0.491 e. The molecule has 2 nitrogen and oxygen atoms in total. The smallest absolute Gasteiger partial charge is 0.125 e. The predicted molar refractivity (Wildman–Crippen MR) is 79.5 cm³/mol. The quantitative estimate of drug-likeness (QED) is 0.904. The second kappa shape index (κ2) is 5.89. The Morgan fingerprint density at radius 1 is 0.947 bits per heavy atom. The Balaban J connectivity index is 2.09. The minimum atomic E-state index is -0.0967. The molecule has 0 bridgehead atoms. The van der Waals surface area contributed by atoms with Gasteiger partial charge in [0, 0.05) is 0 Å². The molecular formula is C17H21NO. The Morgan fingerprint density at radius 3 is 2.26 bits per heavy atom. The fourth-order valence-corrected chi connectivity index (χ4v) is 2.12. The van der Waals surface area contributed by atoms with Gasteiger partial charge in [0.05, 0.1) is 6.04 Å². The highest BCUT2D eigenvalue weighted by atomic mass is 16.5. The Morgan fingerprint density at radius 2 is 1.58 bits per heavy atom. The van der Waals surface area contributed by atoms with E-state index < -0.39 is 0 Å². The van der Waals surface area contributed by atoms with Crippen LogP contribution in [0.4, 0.5) is 0 Å². The second-order valence-corrected chi connectivity index (χ2v) is 4.98. The molecule has 0 radical (unpaired) electrons. The van der Waals surface area contributed by atoms with E-state index in [1.165, 1.54) is 11.1 Å². The van der Waals surface area contributed by atoms with Crippen molar-refractivity contribution in [3.63, 3.8) is 0 Å². The van der Waals surface area contributed by atoms with Gasteiger partial charge in [0.2, 0.25) is 0 Å². The summed E-state index contributed by atoms with van der Waals surface area (Å²) in [6.45, 7) is 6.75. The minimum absolute atomic E-state index is 0.0967. The van der Waals surface area contributed by atoms with E-state index in [9.17, 15) is 0 Å². The van der Waals surface area contributed by atoms with Crippen molar-refractivity contribution >= 4 is 0 Å². The van der Waals surface area contributed by atoms with E-state index in [1.807, 2.05) is 30.3 Å². The third kappa shape index (κ3) is 3.15. The van der Waals surface area contributed by atoms with Gasteiger partial charge in [-0.2, -0.15) is 0 Å². The second-order valence-electron chi connectivity index (χ2n) is 4.98. The van der Waals surface area contributed by atoms with Gasteiger partial charge in [-0.15, -0.1) is 0 Å². The van der Waals surface area contributed by atoms with Crippen LogP contribution in [0, 0.1) is 20.8 Å². The third-order valence-electron chi connectivity index (χ3n) is 3.51. The molecule has 1 atom stereocenters. The third-order valence-corrected chi connectivity index (χ3v) is 3.51. The van der Waals surface area contributed by atoms with E-state index >= 15 is 0 Å². The van der Waals surface area contributed by atoms with Gasteiger partial charge in [-0.25, -0.2) is 0 Å². The maximum Gasteiger partial charge on any atom is 0.125 e. The van der Waals surface area contributed by atoms with Crippen LogP contribution in [0.5, 0.6) is 5.75 Å². The monoisotopic (exact) mass is 255 g/mol. The average Bonchev–Trinajstić information content (AvgIpc) is 2.44. The zero-order valence-electron chi connectivity index (χ0n) is 11.8.